The lowest BCUT2D eigenvalue weighted by atomic mass is 10.1. The highest BCUT2D eigenvalue weighted by Crippen LogP contribution is 2.31. The molecule has 1 unspecified atom stereocenters. The smallest absolute Gasteiger partial charge is 0.323 e. The number of hydrogen-bond donors (Lipinski definition) is 3. The van der Waals surface area contributed by atoms with Gasteiger partial charge in [-0.3, -0.25) is 4.79 Å². The Kier molecular flexibility index (Phi) is 7.72. The van der Waals surface area contributed by atoms with E-state index < -0.39 is 0 Å². The van der Waals surface area contributed by atoms with E-state index >= 15 is 0 Å². The Balaban J connectivity index is 1.27. The summed E-state index contributed by atoms with van der Waals surface area (Å²) in [5.74, 6) is 2.37. The molecule has 3 aromatic rings. The zero-order chi connectivity index (χ0) is 24.6. The molecule has 0 aliphatic carbocycles. The summed E-state index contributed by atoms with van der Waals surface area (Å²) in [6.07, 6.45) is 1.05. The van der Waals surface area contributed by atoms with Crippen molar-refractivity contribution in [2.45, 2.75) is 13.3 Å². The summed E-state index contributed by atoms with van der Waals surface area (Å²) in [7, 11) is 1.60. The fourth-order valence-electron chi connectivity index (χ4n) is 4.01. The summed E-state index contributed by atoms with van der Waals surface area (Å²) in [5, 5.41) is 8.58. The largest absolute Gasteiger partial charge is 0.493 e. The SMILES string of the molecule is COc1ccccc1Oc1ccc(NC(=O)Nc2ccc(N3CCC(CNC(C)=O)C3)cc2)cc1. The highest BCUT2D eigenvalue weighted by Gasteiger charge is 2.22. The maximum Gasteiger partial charge on any atom is 0.323 e. The van der Waals surface area contributed by atoms with E-state index in [4.69, 9.17) is 9.47 Å². The molecule has 0 saturated carbocycles. The van der Waals surface area contributed by atoms with Crippen LogP contribution in [0.15, 0.2) is 72.8 Å². The van der Waals surface area contributed by atoms with Crippen molar-refractivity contribution in [2.24, 2.45) is 5.92 Å². The molecule has 4 rings (SSSR count). The molecule has 3 amide bonds. The standard InChI is InChI=1S/C27H30N4O4/c1-19(32)28-17-20-15-16-31(18-20)23-11-7-21(8-12-23)29-27(33)30-22-9-13-24(14-10-22)35-26-6-4-3-5-25(26)34-2/h3-14,20H,15-18H2,1-2H3,(H,28,32)(H2,29,30,33). The number of carbonyl (C=O) groups is 2. The zero-order valence-electron chi connectivity index (χ0n) is 19.9. The number of ether oxygens (including phenoxy) is 2. The number of nitrogens with zero attached hydrogens (tertiary/aromatic N) is 1. The topological polar surface area (TPSA) is 91.9 Å². The molecular formula is C27H30N4O4. The van der Waals surface area contributed by atoms with Crippen molar-refractivity contribution < 1.29 is 19.1 Å². The van der Waals surface area contributed by atoms with E-state index in [1.54, 1.807) is 38.3 Å². The van der Waals surface area contributed by atoms with E-state index in [1.807, 2.05) is 48.5 Å². The van der Waals surface area contributed by atoms with Crippen LogP contribution in [-0.4, -0.2) is 38.7 Å². The van der Waals surface area contributed by atoms with Crippen molar-refractivity contribution in [1.82, 2.24) is 5.32 Å². The van der Waals surface area contributed by atoms with Gasteiger partial charge in [-0.1, -0.05) is 12.1 Å². The third kappa shape index (κ3) is 6.66. The predicted octanol–water partition coefficient (Wildman–Crippen LogP) is 5.09. The summed E-state index contributed by atoms with van der Waals surface area (Å²) < 4.78 is 11.2. The second-order valence-corrected chi connectivity index (χ2v) is 8.44. The normalized spacial score (nSPS) is 14.8. The Labute approximate surface area is 205 Å². The number of hydrogen-bond acceptors (Lipinski definition) is 5. The van der Waals surface area contributed by atoms with Crippen LogP contribution in [0.5, 0.6) is 17.2 Å². The molecule has 1 aliphatic heterocycles. The van der Waals surface area contributed by atoms with E-state index in [0.29, 0.717) is 41.1 Å². The summed E-state index contributed by atoms with van der Waals surface area (Å²) in [4.78, 5) is 25.9. The van der Waals surface area contributed by atoms with E-state index in [-0.39, 0.29) is 11.9 Å². The first kappa shape index (κ1) is 23.9. The third-order valence-corrected chi connectivity index (χ3v) is 5.82. The molecule has 3 N–H and O–H groups in total. The second-order valence-electron chi connectivity index (χ2n) is 8.44. The summed E-state index contributed by atoms with van der Waals surface area (Å²) in [6.45, 7) is 4.11. The van der Waals surface area contributed by atoms with E-state index in [9.17, 15) is 9.59 Å². The van der Waals surface area contributed by atoms with Gasteiger partial charge in [0.25, 0.3) is 0 Å². The molecule has 182 valence electrons. The number of benzene rings is 3. The molecule has 3 aromatic carbocycles. The van der Waals surface area contributed by atoms with Crippen LogP contribution in [-0.2, 0) is 4.79 Å². The van der Waals surface area contributed by atoms with Gasteiger partial charge in [-0.05, 0) is 73.0 Å². The van der Waals surface area contributed by atoms with Gasteiger partial charge in [0.2, 0.25) is 5.91 Å². The Morgan fingerprint density at radius 3 is 2.17 bits per heavy atom. The molecule has 1 fully saturated rings. The van der Waals surface area contributed by atoms with Crippen molar-refractivity contribution in [3.8, 4) is 17.2 Å². The summed E-state index contributed by atoms with van der Waals surface area (Å²) in [5.41, 5.74) is 2.46. The Hall–Kier alpha value is -4.20. The van der Waals surface area contributed by atoms with Crippen molar-refractivity contribution in [2.75, 3.05) is 42.3 Å². The lowest BCUT2D eigenvalue weighted by molar-refractivity contribution is -0.119. The lowest BCUT2D eigenvalue weighted by Crippen LogP contribution is -2.29. The fourth-order valence-corrected chi connectivity index (χ4v) is 4.01. The first-order valence-electron chi connectivity index (χ1n) is 11.6. The molecule has 8 nitrogen and oxygen atoms in total. The van der Waals surface area contributed by atoms with Crippen LogP contribution in [0, 0.1) is 5.92 Å². The highest BCUT2D eigenvalue weighted by molar-refractivity contribution is 5.99. The fraction of sp³-hybridized carbons (Fsp3) is 0.259. The average Bonchev–Trinajstić information content (AvgIpc) is 3.34. The van der Waals surface area contributed by atoms with Gasteiger partial charge >= 0.3 is 6.03 Å². The number of carbonyl (C=O) groups excluding carboxylic acids is 2. The number of nitrogens with one attached hydrogen (secondary N) is 3. The molecule has 8 heteroatoms. The second kappa shape index (κ2) is 11.3. The quantitative estimate of drug-likeness (QED) is 0.423. The molecule has 0 radical (unpaired) electrons. The van der Waals surface area contributed by atoms with Gasteiger partial charge in [0.15, 0.2) is 11.5 Å². The molecule has 1 heterocycles. The van der Waals surface area contributed by atoms with Crippen molar-refractivity contribution >= 4 is 29.0 Å². The molecule has 35 heavy (non-hydrogen) atoms. The van der Waals surface area contributed by atoms with Crippen LogP contribution in [0.2, 0.25) is 0 Å². The minimum atomic E-state index is -0.326. The van der Waals surface area contributed by atoms with Crippen LogP contribution >= 0.6 is 0 Å². The first-order valence-corrected chi connectivity index (χ1v) is 11.6. The average molecular weight is 475 g/mol. The number of amides is 3. The van der Waals surface area contributed by atoms with Crippen molar-refractivity contribution in [1.29, 1.82) is 0 Å². The summed E-state index contributed by atoms with van der Waals surface area (Å²) in [6, 6.07) is 22.0. The highest BCUT2D eigenvalue weighted by atomic mass is 16.5. The monoisotopic (exact) mass is 474 g/mol. The van der Waals surface area contributed by atoms with Crippen LogP contribution < -0.4 is 30.3 Å². The molecule has 0 spiro atoms. The third-order valence-electron chi connectivity index (χ3n) is 5.82. The zero-order valence-corrected chi connectivity index (χ0v) is 19.9. The van der Waals surface area contributed by atoms with Crippen LogP contribution in [0.1, 0.15) is 13.3 Å². The minimum absolute atomic E-state index is 0.00859. The van der Waals surface area contributed by atoms with Crippen LogP contribution in [0.3, 0.4) is 0 Å². The molecule has 1 saturated heterocycles. The van der Waals surface area contributed by atoms with Gasteiger partial charge in [0.05, 0.1) is 7.11 Å². The molecule has 1 aliphatic rings. The molecule has 0 aromatic heterocycles. The minimum Gasteiger partial charge on any atom is -0.493 e. The number of methoxy groups -OCH3 is 1. The predicted molar refractivity (Wildman–Crippen MR) is 138 cm³/mol. The number of rotatable bonds is 8. The summed E-state index contributed by atoms with van der Waals surface area (Å²) >= 11 is 0. The van der Waals surface area contributed by atoms with Crippen molar-refractivity contribution in [3.63, 3.8) is 0 Å². The number of urea groups is 1. The maximum absolute atomic E-state index is 12.4. The Morgan fingerprint density at radius 2 is 1.54 bits per heavy atom. The molecule has 0 bridgehead atoms. The van der Waals surface area contributed by atoms with Crippen LogP contribution in [0.25, 0.3) is 0 Å². The van der Waals surface area contributed by atoms with E-state index in [1.165, 1.54) is 0 Å². The van der Waals surface area contributed by atoms with Gasteiger partial charge in [-0.2, -0.15) is 0 Å². The Morgan fingerprint density at radius 1 is 0.914 bits per heavy atom. The van der Waals surface area contributed by atoms with Gasteiger partial charge in [0.1, 0.15) is 5.75 Å². The Bertz CT molecular complexity index is 1150. The van der Waals surface area contributed by atoms with Gasteiger partial charge < -0.3 is 30.3 Å². The van der Waals surface area contributed by atoms with Gasteiger partial charge in [-0.15, -0.1) is 0 Å². The number of anilines is 3. The first-order chi connectivity index (χ1) is 17.0. The van der Waals surface area contributed by atoms with Crippen molar-refractivity contribution in [3.05, 3.63) is 72.8 Å². The maximum atomic E-state index is 12.4. The van der Waals surface area contributed by atoms with Gasteiger partial charge in [-0.25, -0.2) is 4.79 Å². The number of para-hydroxylation sites is 2. The molecule has 1 atom stereocenters. The van der Waals surface area contributed by atoms with E-state index in [0.717, 1.165) is 25.2 Å². The van der Waals surface area contributed by atoms with Crippen LogP contribution in [0.4, 0.5) is 21.9 Å². The van der Waals surface area contributed by atoms with Gasteiger partial charge in [0, 0.05) is 43.6 Å². The lowest BCUT2D eigenvalue weighted by Gasteiger charge is -2.19. The van der Waals surface area contributed by atoms with E-state index in [2.05, 4.69) is 20.9 Å². The molecular weight excluding hydrogens is 444 g/mol.